The number of guanidine groups is 1. The number of benzene rings is 1. The molecule has 0 aliphatic carbocycles. The smallest absolute Gasteiger partial charge is 0.191 e. The van der Waals surface area contributed by atoms with Crippen molar-refractivity contribution in [1.82, 2.24) is 15.5 Å². The Balaban J connectivity index is 1.86. The molecule has 1 fully saturated rings. The Morgan fingerprint density at radius 3 is 2.72 bits per heavy atom. The number of aryl methyl sites for hydroxylation is 1. The zero-order valence-corrected chi connectivity index (χ0v) is 16.6. The van der Waals surface area contributed by atoms with Gasteiger partial charge in [0.15, 0.2) is 5.96 Å². The minimum Gasteiger partial charge on any atom is -0.496 e. The molecule has 5 nitrogen and oxygen atoms in total. The Labute approximate surface area is 152 Å². The minimum atomic E-state index is 0.446. The number of hydrogen-bond donors (Lipinski definition) is 2. The van der Waals surface area contributed by atoms with E-state index in [0.717, 1.165) is 37.8 Å². The highest BCUT2D eigenvalue weighted by atomic mass is 16.5. The number of aliphatic imine (C=N–C) groups is 1. The van der Waals surface area contributed by atoms with Gasteiger partial charge in [0.25, 0.3) is 0 Å². The molecule has 1 aliphatic rings. The van der Waals surface area contributed by atoms with E-state index >= 15 is 0 Å². The normalized spacial score (nSPS) is 21.6. The van der Waals surface area contributed by atoms with Crippen molar-refractivity contribution in [1.29, 1.82) is 0 Å². The third-order valence-corrected chi connectivity index (χ3v) is 5.04. The zero-order chi connectivity index (χ0) is 18.4. The third-order valence-electron chi connectivity index (χ3n) is 5.04. The molecule has 1 aromatic rings. The van der Waals surface area contributed by atoms with E-state index in [1.165, 1.54) is 11.1 Å². The molecule has 0 spiro atoms. The molecular formula is C20H34N4O. The summed E-state index contributed by atoms with van der Waals surface area (Å²) >= 11 is 0. The lowest BCUT2D eigenvalue weighted by Gasteiger charge is -2.22. The van der Waals surface area contributed by atoms with Crippen molar-refractivity contribution < 1.29 is 4.74 Å². The Bertz CT molecular complexity index is 585. The van der Waals surface area contributed by atoms with Gasteiger partial charge in [-0.25, -0.2) is 0 Å². The number of rotatable bonds is 6. The van der Waals surface area contributed by atoms with E-state index < -0.39 is 0 Å². The van der Waals surface area contributed by atoms with Crippen LogP contribution in [0.25, 0.3) is 0 Å². The van der Waals surface area contributed by atoms with Gasteiger partial charge in [-0.05, 0) is 44.7 Å². The molecule has 1 aromatic carbocycles. The van der Waals surface area contributed by atoms with Crippen LogP contribution in [0, 0.1) is 12.8 Å². The van der Waals surface area contributed by atoms with Gasteiger partial charge in [-0.15, -0.1) is 0 Å². The summed E-state index contributed by atoms with van der Waals surface area (Å²) in [7, 11) is 3.56. The summed E-state index contributed by atoms with van der Waals surface area (Å²) in [6, 6.07) is 7.35. The van der Waals surface area contributed by atoms with Crippen molar-refractivity contribution in [2.24, 2.45) is 10.9 Å². The van der Waals surface area contributed by atoms with Gasteiger partial charge in [0.05, 0.1) is 7.11 Å². The number of likely N-dealkylation sites (tertiary alicyclic amines) is 1. The van der Waals surface area contributed by atoms with Crippen LogP contribution in [0.1, 0.15) is 31.9 Å². The van der Waals surface area contributed by atoms with E-state index in [-0.39, 0.29) is 0 Å². The predicted octanol–water partition coefficient (Wildman–Crippen LogP) is 2.44. The number of nitrogens with one attached hydrogen (secondary N) is 2. The molecular weight excluding hydrogens is 312 g/mol. The quantitative estimate of drug-likeness (QED) is 0.614. The molecule has 25 heavy (non-hydrogen) atoms. The molecule has 2 atom stereocenters. The molecule has 1 aliphatic heterocycles. The summed E-state index contributed by atoms with van der Waals surface area (Å²) < 4.78 is 5.46. The second-order valence-electron chi connectivity index (χ2n) is 7.34. The fourth-order valence-electron chi connectivity index (χ4n) is 3.40. The molecule has 1 saturated heterocycles. The minimum absolute atomic E-state index is 0.446. The Hall–Kier alpha value is -1.75. The van der Waals surface area contributed by atoms with Gasteiger partial charge < -0.3 is 15.4 Å². The first-order valence-electron chi connectivity index (χ1n) is 9.29. The van der Waals surface area contributed by atoms with Gasteiger partial charge >= 0.3 is 0 Å². The fourth-order valence-corrected chi connectivity index (χ4v) is 3.40. The summed E-state index contributed by atoms with van der Waals surface area (Å²) in [6.45, 7) is 12.0. The second-order valence-corrected chi connectivity index (χ2v) is 7.34. The van der Waals surface area contributed by atoms with Crippen molar-refractivity contribution in [3.63, 3.8) is 0 Å². The lowest BCUT2D eigenvalue weighted by atomic mass is 10.1. The van der Waals surface area contributed by atoms with Crippen LogP contribution in [0.15, 0.2) is 23.2 Å². The lowest BCUT2D eigenvalue weighted by molar-refractivity contribution is 0.265. The molecule has 2 unspecified atom stereocenters. The zero-order valence-electron chi connectivity index (χ0n) is 16.6. The largest absolute Gasteiger partial charge is 0.496 e. The summed E-state index contributed by atoms with van der Waals surface area (Å²) in [5.74, 6) is 2.46. The predicted molar refractivity (Wildman–Crippen MR) is 106 cm³/mol. The third kappa shape index (κ3) is 5.36. The number of ether oxygens (including phenoxy) is 1. The number of methoxy groups -OCH3 is 1. The van der Waals surface area contributed by atoms with E-state index in [9.17, 15) is 0 Å². The summed E-state index contributed by atoms with van der Waals surface area (Å²) in [5, 5.41) is 7.04. The first kappa shape index (κ1) is 19.6. The van der Waals surface area contributed by atoms with E-state index in [0.29, 0.717) is 18.0 Å². The Morgan fingerprint density at radius 1 is 1.36 bits per heavy atom. The molecule has 140 valence electrons. The lowest BCUT2D eigenvalue weighted by Crippen LogP contribution is -2.47. The highest BCUT2D eigenvalue weighted by molar-refractivity contribution is 5.80. The Morgan fingerprint density at radius 2 is 2.12 bits per heavy atom. The van der Waals surface area contributed by atoms with Gasteiger partial charge in [-0.3, -0.25) is 9.89 Å². The maximum Gasteiger partial charge on any atom is 0.191 e. The van der Waals surface area contributed by atoms with Crippen LogP contribution in [0.4, 0.5) is 0 Å². The summed E-state index contributed by atoms with van der Waals surface area (Å²) in [4.78, 5) is 6.91. The average Bonchev–Trinajstić information content (AvgIpc) is 2.95. The highest BCUT2D eigenvalue weighted by Gasteiger charge is 2.31. The molecule has 5 heteroatoms. The average molecular weight is 347 g/mol. The van der Waals surface area contributed by atoms with Crippen molar-refractivity contribution in [3.8, 4) is 5.75 Å². The van der Waals surface area contributed by atoms with Crippen LogP contribution in [-0.2, 0) is 6.42 Å². The maximum absolute atomic E-state index is 5.46. The fraction of sp³-hybridized carbons (Fsp3) is 0.650. The molecule has 0 radical (unpaired) electrons. The standard InChI is InChI=1S/C20H34N4O/c1-14(2)24-12-16(4)18(13-24)23-20(21-5)22-10-9-17-11-15(3)7-8-19(17)25-6/h7-8,11,14,16,18H,9-10,12-13H2,1-6H3,(H2,21,22,23). The van der Waals surface area contributed by atoms with Gasteiger partial charge in [-0.1, -0.05) is 24.6 Å². The second kappa shape index (κ2) is 9.09. The van der Waals surface area contributed by atoms with E-state index in [2.05, 4.69) is 60.4 Å². The maximum atomic E-state index is 5.46. The molecule has 0 aromatic heterocycles. The molecule has 1 heterocycles. The Kier molecular flexibility index (Phi) is 7.12. The molecule has 2 N–H and O–H groups in total. The first-order valence-corrected chi connectivity index (χ1v) is 9.29. The molecule has 0 bridgehead atoms. The van der Waals surface area contributed by atoms with Crippen LogP contribution in [-0.4, -0.2) is 56.7 Å². The first-order chi connectivity index (χ1) is 11.9. The van der Waals surface area contributed by atoms with Crippen molar-refractivity contribution >= 4 is 5.96 Å². The van der Waals surface area contributed by atoms with Crippen LogP contribution in [0.2, 0.25) is 0 Å². The van der Waals surface area contributed by atoms with Crippen LogP contribution in [0.3, 0.4) is 0 Å². The van der Waals surface area contributed by atoms with Gasteiger partial charge in [0.1, 0.15) is 5.75 Å². The van der Waals surface area contributed by atoms with Crippen molar-refractivity contribution in [3.05, 3.63) is 29.3 Å². The topological polar surface area (TPSA) is 48.9 Å². The SMILES string of the molecule is CN=C(NCCc1cc(C)ccc1OC)NC1CN(C(C)C)CC1C. The summed E-state index contributed by atoms with van der Waals surface area (Å²) in [5.41, 5.74) is 2.48. The number of nitrogens with zero attached hydrogens (tertiary/aromatic N) is 2. The van der Waals surface area contributed by atoms with Crippen LogP contribution >= 0.6 is 0 Å². The van der Waals surface area contributed by atoms with Gasteiger partial charge in [0, 0.05) is 38.8 Å². The van der Waals surface area contributed by atoms with Crippen LogP contribution < -0.4 is 15.4 Å². The van der Waals surface area contributed by atoms with Crippen molar-refractivity contribution in [2.75, 3.05) is 33.8 Å². The summed E-state index contributed by atoms with van der Waals surface area (Å²) in [6.07, 6.45) is 0.907. The van der Waals surface area contributed by atoms with E-state index in [4.69, 9.17) is 4.74 Å². The highest BCUT2D eigenvalue weighted by Crippen LogP contribution is 2.20. The van der Waals surface area contributed by atoms with E-state index in [1.807, 2.05) is 13.1 Å². The molecule has 0 amide bonds. The van der Waals surface area contributed by atoms with Crippen LogP contribution in [0.5, 0.6) is 5.75 Å². The van der Waals surface area contributed by atoms with Gasteiger partial charge in [-0.2, -0.15) is 0 Å². The monoisotopic (exact) mass is 346 g/mol. The van der Waals surface area contributed by atoms with Gasteiger partial charge in [0.2, 0.25) is 0 Å². The van der Waals surface area contributed by atoms with E-state index in [1.54, 1.807) is 7.11 Å². The van der Waals surface area contributed by atoms with Crippen molar-refractivity contribution in [2.45, 2.75) is 46.2 Å². The number of hydrogen-bond acceptors (Lipinski definition) is 3. The molecule has 0 saturated carbocycles. The molecule has 2 rings (SSSR count).